The minimum absolute atomic E-state index is 0.0436. The molecule has 1 heterocycles. The Hall–Kier alpha value is -0.830. The van der Waals surface area contributed by atoms with E-state index in [4.69, 9.17) is 0 Å². The second kappa shape index (κ2) is 2.90. The molecule has 1 aromatic heterocycles. The molecule has 9 heteroatoms. The van der Waals surface area contributed by atoms with Gasteiger partial charge in [-0.15, -0.1) is 0 Å². The van der Waals surface area contributed by atoms with E-state index < -0.39 is 25.4 Å². The van der Waals surface area contributed by atoms with Gasteiger partial charge >= 0.3 is 6.18 Å². The van der Waals surface area contributed by atoms with E-state index in [2.05, 4.69) is 5.10 Å². The summed E-state index contributed by atoms with van der Waals surface area (Å²) >= 11 is 0.0436. The number of halogens is 3. The van der Waals surface area contributed by atoms with Crippen LogP contribution in [0, 0.1) is 3.95 Å². The molecule has 0 aliphatic heterocycles. The van der Waals surface area contributed by atoms with Crippen LogP contribution in [0.4, 0.5) is 13.2 Å². The lowest BCUT2D eigenvalue weighted by Gasteiger charge is -1.96. The van der Waals surface area contributed by atoms with E-state index in [-0.39, 0.29) is 11.3 Å². The SMILES string of the molecule is O=S(=O)=c1[nH]nc(C(F)(F)F)s1. The van der Waals surface area contributed by atoms with Crippen molar-refractivity contribution in [3.63, 3.8) is 0 Å². The lowest BCUT2D eigenvalue weighted by molar-refractivity contribution is -0.138. The maximum Gasteiger partial charge on any atom is 0.444 e. The number of alkyl halides is 3. The van der Waals surface area contributed by atoms with Crippen LogP contribution in [0.2, 0.25) is 0 Å². The second-order valence-corrected chi connectivity index (χ2v) is 3.79. The van der Waals surface area contributed by atoms with E-state index in [0.717, 1.165) is 0 Å². The average Bonchev–Trinajstić information content (AvgIpc) is 2.30. The van der Waals surface area contributed by atoms with Gasteiger partial charge < -0.3 is 0 Å². The zero-order valence-electron chi connectivity index (χ0n) is 5.21. The molecule has 1 N–H and O–H groups in total. The molecular formula is C3HF3N2O2S2. The normalized spacial score (nSPS) is 11.6. The van der Waals surface area contributed by atoms with E-state index >= 15 is 0 Å². The number of rotatable bonds is 0. The molecular weight excluding hydrogens is 217 g/mol. The topological polar surface area (TPSA) is 62.8 Å². The van der Waals surface area contributed by atoms with Gasteiger partial charge in [-0.3, -0.25) is 5.10 Å². The van der Waals surface area contributed by atoms with Gasteiger partial charge in [0.2, 0.25) is 19.3 Å². The van der Waals surface area contributed by atoms with Gasteiger partial charge in [-0.05, 0) is 0 Å². The number of hydrogen-bond donors (Lipinski definition) is 1. The summed E-state index contributed by atoms with van der Waals surface area (Å²) in [6, 6.07) is 0. The van der Waals surface area contributed by atoms with Crippen LogP contribution >= 0.6 is 11.3 Å². The van der Waals surface area contributed by atoms with Crippen molar-refractivity contribution in [2.75, 3.05) is 0 Å². The molecule has 0 atom stereocenters. The molecule has 12 heavy (non-hydrogen) atoms. The largest absolute Gasteiger partial charge is 0.444 e. The first-order valence-electron chi connectivity index (χ1n) is 2.46. The standard InChI is InChI=1S/C3HF3N2O2S2/c4-3(5,6)1-7-8-2(11-1)12(9)10/h8H. The third-order valence-corrected chi connectivity index (χ3v) is 2.68. The van der Waals surface area contributed by atoms with Gasteiger partial charge in [0.15, 0.2) is 0 Å². The predicted octanol–water partition coefficient (Wildman–Crippen LogP) is 0.901. The Morgan fingerprint density at radius 3 is 2.25 bits per heavy atom. The molecule has 4 nitrogen and oxygen atoms in total. The summed E-state index contributed by atoms with van der Waals surface area (Å²) in [7, 11) is -2.69. The molecule has 0 radical (unpaired) electrons. The van der Waals surface area contributed by atoms with E-state index in [1.54, 1.807) is 5.10 Å². The quantitative estimate of drug-likeness (QED) is 0.658. The smallest absolute Gasteiger partial charge is 0.254 e. The molecule has 0 aliphatic carbocycles. The summed E-state index contributed by atoms with van der Waals surface area (Å²) < 4.78 is 55.1. The fourth-order valence-electron chi connectivity index (χ4n) is 0.422. The van der Waals surface area contributed by atoms with Gasteiger partial charge in [-0.25, -0.2) is 0 Å². The molecule has 0 saturated carbocycles. The van der Waals surface area contributed by atoms with E-state index in [0.29, 0.717) is 0 Å². The van der Waals surface area contributed by atoms with Crippen LogP contribution < -0.4 is 0 Å². The number of aromatic nitrogens is 2. The summed E-state index contributed by atoms with van der Waals surface area (Å²) in [6.07, 6.45) is -4.60. The summed E-state index contributed by atoms with van der Waals surface area (Å²) in [5.41, 5.74) is 0. The summed E-state index contributed by atoms with van der Waals surface area (Å²) in [6.45, 7) is 0. The number of hydrogen-bond acceptors (Lipinski definition) is 4. The first-order valence-corrected chi connectivity index (χ1v) is 4.35. The van der Waals surface area contributed by atoms with Crippen molar-refractivity contribution < 1.29 is 21.6 Å². The van der Waals surface area contributed by atoms with Crippen molar-refractivity contribution in [1.82, 2.24) is 10.2 Å². The average molecular weight is 218 g/mol. The Balaban J connectivity index is 3.37. The molecule has 0 bridgehead atoms. The van der Waals surface area contributed by atoms with Crippen LogP contribution in [0.1, 0.15) is 5.01 Å². The summed E-state index contributed by atoms with van der Waals surface area (Å²) in [5, 5.41) is 3.33. The van der Waals surface area contributed by atoms with E-state index in [1.807, 2.05) is 0 Å². The number of H-pyrrole nitrogens is 1. The Morgan fingerprint density at radius 2 is 2.00 bits per heavy atom. The lowest BCUT2D eigenvalue weighted by atomic mass is 10.7. The van der Waals surface area contributed by atoms with Crippen molar-refractivity contribution in [3.8, 4) is 0 Å². The van der Waals surface area contributed by atoms with Crippen molar-refractivity contribution in [3.05, 3.63) is 8.96 Å². The molecule has 0 amide bonds. The Labute approximate surface area is 69.2 Å². The van der Waals surface area contributed by atoms with Crippen molar-refractivity contribution in [2.45, 2.75) is 6.18 Å². The van der Waals surface area contributed by atoms with Gasteiger partial charge in [0.25, 0.3) is 0 Å². The van der Waals surface area contributed by atoms with Gasteiger partial charge in [0, 0.05) is 0 Å². The zero-order valence-corrected chi connectivity index (χ0v) is 6.85. The minimum atomic E-state index is -4.60. The van der Waals surface area contributed by atoms with Gasteiger partial charge in [-0.2, -0.15) is 26.7 Å². The maximum absolute atomic E-state index is 11.8. The Kier molecular flexibility index (Phi) is 2.24. The number of nitrogens with one attached hydrogen (secondary N) is 1. The monoisotopic (exact) mass is 218 g/mol. The molecule has 1 aromatic rings. The van der Waals surface area contributed by atoms with E-state index in [9.17, 15) is 21.6 Å². The lowest BCUT2D eigenvalue weighted by Crippen LogP contribution is -2.03. The zero-order chi connectivity index (χ0) is 9.35. The highest BCUT2D eigenvalue weighted by molar-refractivity contribution is 7.66. The van der Waals surface area contributed by atoms with Crippen LogP contribution in [0.5, 0.6) is 0 Å². The van der Waals surface area contributed by atoms with Crippen LogP contribution in [0.3, 0.4) is 0 Å². The Morgan fingerprint density at radius 1 is 1.42 bits per heavy atom. The summed E-state index contributed by atoms with van der Waals surface area (Å²) in [4.78, 5) is 0. The molecule has 68 valence electrons. The second-order valence-electron chi connectivity index (χ2n) is 1.65. The molecule has 1 rings (SSSR count). The van der Waals surface area contributed by atoms with Crippen LogP contribution in [-0.4, -0.2) is 18.6 Å². The highest BCUT2D eigenvalue weighted by Gasteiger charge is 2.34. The molecule has 0 spiro atoms. The molecule has 0 unspecified atom stereocenters. The predicted molar refractivity (Wildman–Crippen MR) is 33.6 cm³/mol. The highest BCUT2D eigenvalue weighted by Crippen LogP contribution is 2.29. The summed E-state index contributed by atoms with van der Waals surface area (Å²) in [5.74, 6) is 0. The molecule has 0 aromatic carbocycles. The molecule has 0 saturated heterocycles. The molecule has 0 fully saturated rings. The fraction of sp³-hybridized carbons (Fsp3) is 0.333. The van der Waals surface area contributed by atoms with Gasteiger partial charge in [0.05, 0.1) is 0 Å². The van der Waals surface area contributed by atoms with Gasteiger partial charge in [0.1, 0.15) is 0 Å². The van der Waals surface area contributed by atoms with Crippen LogP contribution in [0.25, 0.3) is 0 Å². The van der Waals surface area contributed by atoms with Crippen LogP contribution in [0.15, 0.2) is 0 Å². The highest BCUT2D eigenvalue weighted by atomic mass is 32.2. The first-order chi connectivity index (χ1) is 5.41. The number of nitrogens with zero attached hydrogens (tertiary/aromatic N) is 1. The number of aromatic amines is 1. The third kappa shape index (κ3) is 1.85. The van der Waals surface area contributed by atoms with Gasteiger partial charge in [-0.1, -0.05) is 11.3 Å². The molecule has 0 aliphatic rings. The minimum Gasteiger partial charge on any atom is -0.254 e. The van der Waals surface area contributed by atoms with Crippen molar-refractivity contribution >= 4 is 21.6 Å². The van der Waals surface area contributed by atoms with Crippen LogP contribution in [-0.2, 0) is 16.5 Å². The van der Waals surface area contributed by atoms with Crippen molar-refractivity contribution in [1.29, 1.82) is 0 Å². The van der Waals surface area contributed by atoms with E-state index in [1.165, 1.54) is 0 Å². The first kappa shape index (κ1) is 9.26. The third-order valence-electron chi connectivity index (χ3n) is 0.832. The maximum atomic E-state index is 11.8. The van der Waals surface area contributed by atoms with Crippen molar-refractivity contribution in [2.24, 2.45) is 0 Å². The Bertz CT molecular complexity index is 431. The fourth-order valence-corrected chi connectivity index (χ4v) is 1.53.